The lowest BCUT2D eigenvalue weighted by atomic mass is 9.90. The molecule has 3 aliphatic heterocycles. The number of amides is 2. The summed E-state index contributed by atoms with van der Waals surface area (Å²) >= 11 is 0. The number of hydrogen-bond acceptors (Lipinski definition) is 4. The number of hydrogen-bond donors (Lipinski definition) is 0. The van der Waals surface area contributed by atoms with Gasteiger partial charge in [0.15, 0.2) is 5.79 Å². The van der Waals surface area contributed by atoms with E-state index in [4.69, 9.17) is 9.47 Å². The maximum Gasteiger partial charge on any atom is 0.232 e. The van der Waals surface area contributed by atoms with Crippen LogP contribution < -0.4 is 0 Å². The van der Waals surface area contributed by atoms with Gasteiger partial charge in [-0.25, -0.2) is 0 Å². The van der Waals surface area contributed by atoms with Crippen LogP contribution in [-0.2, 0) is 25.5 Å². The van der Waals surface area contributed by atoms with Gasteiger partial charge in [0.2, 0.25) is 11.8 Å². The molecular formula is C22H30N2O4. The first kappa shape index (κ1) is 19.4. The number of rotatable bonds is 4. The molecule has 3 saturated heterocycles. The molecule has 0 unspecified atom stereocenters. The molecule has 0 atom stereocenters. The van der Waals surface area contributed by atoms with Crippen molar-refractivity contribution in [3.8, 4) is 0 Å². The first-order valence-electron chi connectivity index (χ1n) is 10.5. The SMILES string of the molecule is O=C(CC(=O)N1CCC2(CC1)OCCO2)N1CCC(Cc2ccccc2)CC1. The van der Waals surface area contributed by atoms with Gasteiger partial charge >= 0.3 is 0 Å². The summed E-state index contributed by atoms with van der Waals surface area (Å²) < 4.78 is 11.4. The highest BCUT2D eigenvalue weighted by Crippen LogP contribution is 2.31. The van der Waals surface area contributed by atoms with Crippen molar-refractivity contribution in [2.45, 2.75) is 44.3 Å². The van der Waals surface area contributed by atoms with E-state index in [-0.39, 0.29) is 18.2 Å². The molecular weight excluding hydrogens is 356 g/mol. The van der Waals surface area contributed by atoms with Crippen LogP contribution in [-0.4, -0.2) is 66.8 Å². The monoisotopic (exact) mass is 386 g/mol. The van der Waals surface area contributed by atoms with Gasteiger partial charge in [0.25, 0.3) is 0 Å². The molecule has 2 amide bonds. The van der Waals surface area contributed by atoms with Gasteiger partial charge in [0.1, 0.15) is 6.42 Å². The van der Waals surface area contributed by atoms with E-state index in [0.29, 0.717) is 45.1 Å². The van der Waals surface area contributed by atoms with Gasteiger partial charge in [0, 0.05) is 39.0 Å². The fourth-order valence-electron chi connectivity index (χ4n) is 4.57. The second kappa shape index (κ2) is 8.62. The third-order valence-corrected chi connectivity index (χ3v) is 6.33. The van der Waals surface area contributed by atoms with E-state index >= 15 is 0 Å². The molecule has 0 N–H and O–H groups in total. The maximum absolute atomic E-state index is 12.6. The number of carbonyl (C=O) groups excluding carboxylic acids is 2. The normalized spacial score (nSPS) is 22.6. The molecule has 6 heteroatoms. The maximum atomic E-state index is 12.6. The lowest BCUT2D eigenvalue weighted by molar-refractivity contribution is -0.187. The summed E-state index contributed by atoms with van der Waals surface area (Å²) in [5.41, 5.74) is 1.36. The largest absolute Gasteiger partial charge is 0.347 e. The molecule has 152 valence electrons. The minimum atomic E-state index is -0.485. The minimum Gasteiger partial charge on any atom is -0.347 e. The number of nitrogens with zero attached hydrogens (tertiary/aromatic N) is 2. The summed E-state index contributed by atoms with van der Waals surface area (Å²) in [5.74, 6) is 0.0365. The van der Waals surface area contributed by atoms with E-state index in [1.807, 2.05) is 11.0 Å². The molecule has 28 heavy (non-hydrogen) atoms. The molecule has 0 saturated carbocycles. The van der Waals surface area contributed by atoms with Crippen molar-refractivity contribution in [2.24, 2.45) is 5.92 Å². The van der Waals surface area contributed by atoms with E-state index < -0.39 is 5.79 Å². The van der Waals surface area contributed by atoms with E-state index in [1.54, 1.807) is 4.90 Å². The molecule has 0 bridgehead atoms. The fraction of sp³-hybridized carbons (Fsp3) is 0.636. The molecule has 4 rings (SSSR count). The molecule has 0 aromatic heterocycles. The molecule has 1 spiro atoms. The van der Waals surface area contributed by atoms with Gasteiger partial charge in [-0.2, -0.15) is 0 Å². The second-order valence-electron chi connectivity index (χ2n) is 8.18. The standard InChI is InChI=1S/C22H30N2O4/c25-20(17-21(26)24-12-8-22(9-13-24)27-14-15-28-22)23-10-6-19(7-11-23)16-18-4-2-1-3-5-18/h1-5,19H,6-17H2. The zero-order valence-electron chi connectivity index (χ0n) is 16.5. The van der Waals surface area contributed by atoms with E-state index in [0.717, 1.165) is 32.4 Å². The summed E-state index contributed by atoms with van der Waals surface area (Å²) in [7, 11) is 0. The lowest BCUT2D eigenvalue weighted by Crippen LogP contribution is -2.48. The summed E-state index contributed by atoms with van der Waals surface area (Å²) in [6, 6.07) is 10.5. The zero-order valence-corrected chi connectivity index (χ0v) is 16.5. The fourth-order valence-corrected chi connectivity index (χ4v) is 4.57. The van der Waals surface area contributed by atoms with Crippen LogP contribution in [0.25, 0.3) is 0 Å². The minimum absolute atomic E-state index is 0.0158. The molecule has 3 aliphatic rings. The molecule has 0 aliphatic carbocycles. The van der Waals surface area contributed by atoms with Crippen LogP contribution in [0.1, 0.15) is 37.7 Å². The topological polar surface area (TPSA) is 59.1 Å². The van der Waals surface area contributed by atoms with Gasteiger partial charge in [-0.3, -0.25) is 9.59 Å². The zero-order chi connectivity index (χ0) is 19.4. The highest BCUT2D eigenvalue weighted by molar-refractivity contribution is 5.97. The van der Waals surface area contributed by atoms with Crippen LogP contribution in [0.5, 0.6) is 0 Å². The third kappa shape index (κ3) is 4.55. The molecule has 0 radical (unpaired) electrons. The van der Waals surface area contributed by atoms with Crippen molar-refractivity contribution in [1.82, 2.24) is 9.80 Å². The highest BCUT2D eigenvalue weighted by atomic mass is 16.7. The smallest absolute Gasteiger partial charge is 0.232 e. The predicted molar refractivity (Wildman–Crippen MR) is 105 cm³/mol. The quantitative estimate of drug-likeness (QED) is 0.745. The van der Waals surface area contributed by atoms with Crippen LogP contribution in [0.3, 0.4) is 0 Å². The summed E-state index contributed by atoms with van der Waals surface area (Å²) in [4.78, 5) is 28.8. The van der Waals surface area contributed by atoms with Crippen LogP contribution >= 0.6 is 0 Å². The number of piperidine rings is 2. The van der Waals surface area contributed by atoms with Gasteiger partial charge < -0.3 is 19.3 Å². The average molecular weight is 386 g/mol. The van der Waals surface area contributed by atoms with Crippen molar-refractivity contribution in [2.75, 3.05) is 39.4 Å². The Kier molecular flexibility index (Phi) is 5.97. The van der Waals surface area contributed by atoms with Gasteiger partial charge in [0.05, 0.1) is 13.2 Å². The lowest BCUT2D eigenvalue weighted by Gasteiger charge is -2.38. The Hall–Kier alpha value is -1.92. The van der Waals surface area contributed by atoms with Gasteiger partial charge in [-0.15, -0.1) is 0 Å². The first-order chi connectivity index (χ1) is 13.6. The van der Waals surface area contributed by atoms with E-state index in [9.17, 15) is 9.59 Å². The van der Waals surface area contributed by atoms with Gasteiger partial charge in [-0.05, 0) is 30.7 Å². The number of ether oxygens (including phenoxy) is 2. The Bertz CT molecular complexity index is 669. The second-order valence-corrected chi connectivity index (χ2v) is 8.18. The molecule has 1 aromatic carbocycles. The summed E-state index contributed by atoms with van der Waals surface area (Å²) in [6.45, 7) is 3.98. The predicted octanol–water partition coefficient (Wildman–Crippen LogP) is 2.22. The van der Waals surface area contributed by atoms with Crippen molar-refractivity contribution in [3.63, 3.8) is 0 Å². The third-order valence-electron chi connectivity index (χ3n) is 6.33. The summed E-state index contributed by atoms with van der Waals surface area (Å²) in [6.07, 6.45) is 4.46. The first-order valence-corrected chi connectivity index (χ1v) is 10.5. The Morgan fingerprint density at radius 2 is 1.46 bits per heavy atom. The van der Waals surface area contributed by atoms with Crippen molar-refractivity contribution < 1.29 is 19.1 Å². The van der Waals surface area contributed by atoms with Crippen molar-refractivity contribution in [3.05, 3.63) is 35.9 Å². The molecule has 3 heterocycles. The Morgan fingerprint density at radius 1 is 0.893 bits per heavy atom. The number of likely N-dealkylation sites (tertiary alicyclic amines) is 2. The van der Waals surface area contributed by atoms with Crippen LogP contribution in [0, 0.1) is 5.92 Å². The average Bonchev–Trinajstić information content (AvgIpc) is 3.17. The van der Waals surface area contributed by atoms with Crippen molar-refractivity contribution in [1.29, 1.82) is 0 Å². The van der Waals surface area contributed by atoms with Crippen molar-refractivity contribution >= 4 is 11.8 Å². The number of benzene rings is 1. The number of carbonyl (C=O) groups is 2. The van der Waals surface area contributed by atoms with Gasteiger partial charge in [-0.1, -0.05) is 30.3 Å². The Morgan fingerprint density at radius 3 is 2.07 bits per heavy atom. The highest BCUT2D eigenvalue weighted by Gasteiger charge is 2.41. The van der Waals surface area contributed by atoms with Crippen LogP contribution in [0.15, 0.2) is 30.3 Å². The molecule has 6 nitrogen and oxygen atoms in total. The summed E-state index contributed by atoms with van der Waals surface area (Å²) in [5, 5.41) is 0. The van der Waals surface area contributed by atoms with Crippen LogP contribution in [0.4, 0.5) is 0 Å². The Labute approximate surface area is 166 Å². The molecule has 1 aromatic rings. The molecule has 3 fully saturated rings. The van der Waals surface area contributed by atoms with E-state index in [2.05, 4.69) is 24.3 Å². The Balaban J connectivity index is 1.20. The van der Waals surface area contributed by atoms with Crippen LogP contribution in [0.2, 0.25) is 0 Å². The van der Waals surface area contributed by atoms with E-state index in [1.165, 1.54) is 5.56 Å².